The van der Waals surface area contributed by atoms with E-state index in [9.17, 15) is 22.4 Å². The summed E-state index contributed by atoms with van der Waals surface area (Å²) < 4.78 is 52.5. The van der Waals surface area contributed by atoms with Crippen molar-refractivity contribution in [3.63, 3.8) is 0 Å². The molecule has 29 heavy (non-hydrogen) atoms. The van der Waals surface area contributed by atoms with Crippen LogP contribution in [-0.4, -0.2) is 27.6 Å². The van der Waals surface area contributed by atoms with Crippen molar-refractivity contribution in [1.82, 2.24) is 20.5 Å². The lowest BCUT2D eigenvalue weighted by Gasteiger charge is -2.18. The molecule has 5 nitrogen and oxygen atoms in total. The zero-order valence-electron chi connectivity index (χ0n) is 14.9. The maximum atomic E-state index is 13.7. The number of pyridine rings is 1. The largest absolute Gasteiger partial charge is 0.416 e. The molecule has 9 heteroatoms. The minimum Gasteiger partial charge on any atom is -0.352 e. The Balaban J connectivity index is 1.69. The highest BCUT2D eigenvalue weighted by Crippen LogP contribution is 2.31. The van der Waals surface area contributed by atoms with Crippen LogP contribution in [0.1, 0.15) is 32.6 Å². The second kappa shape index (κ2) is 7.23. The molecule has 1 amide bonds. The standard InChI is InChI=1S/C20H14F4N4O/c21-14-7-11(6-13(9-14)20(22,23)24)5-12-8-17(28-27-10-12)18-15-1-4-26-19(29)16(15)2-3-25-18/h2-3,6-10H,1,4-5H2,(H,26,29). The molecule has 0 aliphatic carbocycles. The smallest absolute Gasteiger partial charge is 0.352 e. The normalized spacial score (nSPS) is 13.7. The van der Waals surface area contributed by atoms with Gasteiger partial charge in [-0.3, -0.25) is 9.78 Å². The summed E-state index contributed by atoms with van der Waals surface area (Å²) in [4.78, 5) is 16.3. The number of benzene rings is 1. The van der Waals surface area contributed by atoms with Gasteiger partial charge in [-0.2, -0.15) is 18.3 Å². The summed E-state index contributed by atoms with van der Waals surface area (Å²) in [5, 5.41) is 10.7. The highest BCUT2D eigenvalue weighted by atomic mass is 19.4. The minimum atomic E-state index is -4.63. The number of aromatic nitrogens is 3. The topological polar surface area (TPSA) is 67.8 Å². The van der Waals surface area contributed by atoms with Crippen molar-refractivity contribution >= 4 is 5.91 Å². The molecule has 0 fully saturated rings. The van der Waals surface area contributed by atoms with Gasteiger partial charge in [0.15, 0.2) is 0 Å². The van der Waals surface area contributed by atoms with Crippen LogP contribution in [0.2, 0.25) is 0 Å². The molecule has 0 spiro atoms. The lowest BCUT2D eigenvalue weighted by Crippen LogP contribution is -2.32. The summed E-state index contributed by atoms with van der Waals surface area (Å²) >= 11 is 0. The van der Waals surface area contributed by atoms with Crippen LogP contribution in [0, 0.1) is 5.82 Å². The van der Waals surface area contributed by atoms with Crippen molar-refractivity contribution in [2.75, 3.05) is 6.54 Å². The van der Waals surface area contributed by atoms with Crippen LogP contribution in [0.25, 0.3) is 11.4 Å². The van der Waals surface area contributed by atoms with E-state index in [4.69, 9.17) is 0 Å². The van der Waals surface area contributed by atoms with Gasteiger partial charge in [-0.1, -0.05) is 0 Å². The molecule has 0 atom stereocenters. The predicted molar refractivity (Wildman–Crippen MR) is 95.5 cm³/mol. The third kappa shape index (κ3) is 3.94. The molecule has 1 N–H and O–H groups in total. The first-order valence-corrected chi connectivity index (χ1v) is 8.76. The molecule has 0 saturated heterocycles. The molecule has 2 aromatic heterocycles. The van der Waals surface area contributed by atoms with Gasteiger partial charge in [-0.25, -0.2) is 4.39 Å². The number of rotatable bonds is 3. The van der Waals surface area contributed by atoms with Gasteiger partial charge in [0.1, 0.15) is 11.5 Å². The molecule has 0 unspecified atom stereocenters. The molecule has 148 valence electrons. The average Bonchev–Trinajstić information content (AvgIpc) is 2.67. The molecular weight excluding hydrogens is 388 g/mol. The van der Waals surface area contributed by atoms with Gasteiger partial charge in [0, 0.05) is 18.3 Å². The van der Waals surface area contributed by atoms with Crippen LogP contribution >= 0.6 is 0 Å². The lowest BCUT2D eigenvalue weighted by atomic mass is 9.97. The number of nitrogens with one attached hydrogen (secondary N) is 1. The first kappa shape index (κ1) is 19.0. The van der Waals surface area contributed by atoms with E-state index in [1.165, 1.54) is 12.4 Å². The monoisotopic (exact) mass is 402 g/mol. The van der Waals surface area contributed by atoms with E-state index in [0.717, 1.165) is 17.7 Å². The van der Waals surface area contributed by atoms with Crippen LogP contribution in [0.15, 0.2) is 42.7 Å². The zero-order valence-corrected chi connectivity index (χ0v) is 14.9. The molecule has 0 bridgehead atoms. The fourth-order valence-electron chi connectivity index (χ4n) is 3.35. The Morgan fingerprint density at radius 2 is 1.93 bits per heavy atom. The van der Waals surface area contributed by atoms with Crippen molar-refractivity contribution in [3.8, 4) is 11.4 Å². The zero-order chi connectivity index (χ0) is 20.6. The second-order valence-electron chi connectivity index (χ2n) is 6.66. The Kier molecular flexibility index (Phi) is 4.73. The SMILES string of the molecule is O=C1NCCc2c1ccnc2-c1cc(Cc2cc(F)cc(C(F)(F)F)c2)cnn1. The van der Waals surface area contributed by atoms with Crippen LogP contribution in [0.5, 0.6) is 0 Å². The number of hydrogen-bond donors (Lipinski definition) is 1. The van der Waals surface area contributed by atoms with E-state index < -0.39 is 17.6 Å². The Labute approximate surface area is 162 Å². The second-order valence-corrected chi connectivity index (χ2v) is 6.66. The van der Waals surface area contributed by atoms with Crippen LogP contribution in [0.4, 0.5) is 17.6 Å². The van der Waals surface area contributed by atoms with Gasteiger partial charge in [-0.15, -0.1) is 5.10 Å². The number of nitrogens with zero attached hydrogens (tertiary/aromatic N) is 3. The van der Waals surface area contributed by atoms with Gasteiger partial charge in [0.2, 0.25) is 0 Å². The Morgan fingerprint density at radius 1 is 1.10 bits per heavy atom. The first-order chi connectivity index (χ1) is 13.8. The van der Waals surface area contributed by atoms with Gasteiger partial charge < -0.3 is 5.32 Å². The van der Waals surface area contributed by atoms with Crippen LogP contribution in [-0.2, 0) is 19.0 Å². The maximum Gasteiger partial charge on any atom is 0.416 e. The number of amides is 1. The summed E-state index contributed by atoms with van der Waals surface area (Å²) in [6.45, 7) is 0.473. The third-order valence-electron chi connectivity index (χ3n) is 4.61. The van der Waals surface area contributed by atoms with Gasteiger partial charge in [0.25, 0.3) is 5.91 Å². The number of hydrogen-bond acceptors (Lipinski definition) is 4. The molecule has 3 heterocycles. The molecule has 4 rings (SSSR count). The maximum absolute atomic E-state index is 13.7. The van der Waals surface area contributed by atoms with Crippen LogP contribution in [0.3, 0.4) is 0 Å². The molecule has 3 aromatic rings. The van der Waals surface area contributed by atoms with E-state index in [1.54, 1.807) is 12.1 Å². The van der Waals surface area contributed by atoms with Crippen molar-refractivity contribution in [1.29, 1.82) is 0 Å². The molecule has 1 aliphatic heterocycles. The number of alkyl halides is 3. The summed E-state index contributed by atoms with van der Waals surface area (Å²) in [7, 11) is 0. The molecule has 0 radical (unpaired) electrons. The highest BCUT2D eigenvalue weighted by molar-refractivity contribution is 5.98. The van der Waals surface area contributed by atoms with Crippen LogP contribution < -0.4 is 5.32 Å². The predicted octanol–water partition coefficient (Wildman–Crippen LogP) is 3.57. The van der Waals surface area contributed by atoms with Crippen molar-refractivity contribution < 1.29 is 22.4 Å². The Bertz CT molecular complexity index is 1100. The Hall–Kier alpha value is -3.36. The highest BCUT2D eigenvalue weighted by Gasteiger charge is 2.31. The van der Waals surface area contributed by atoms with Gasteiger partial charge in [-0.05, 0) is 59.9 Å². The number of fused-ring (bicyclic) bond motifs is 1. The molecule has 0 saturated carbocycles. The van der Waals surface area contributed by atoms with E-state index in [1.807, 2.05) is 0 Å². The summed E-state index contributed by atoms with van der Waals surface area (Å²) in [5.74, 6) is -1.15. The average molecular weight is 402 g/mol. The van der Waals surface area contributed by atoms with E-state index >= 15 is 0 Å². The van der Waals surface area contributed by atoms with Crippen molar-refractivity contribution in [2.24, 2.45) is 0 Å². The van der Waals surface area contributed by atoms with E-state index in [2.05, 4.69) is 20.5 Å². The first-order valence-electron chi connectivity index (χ1n) is 8.76. The lowest BCUT2D eigenvalue weighted by molar-refractivity contribution is -0.137. The van der Waals surface area contributed by atoms with Crippen molar-refractivity contribution in [3.05, 3.63) is 76.4 Å². The summed E-state index contributed by atoms with van der Waals surface area (Å²) in [6.07, 6.45) is -1.11. The fraction of sp³-hybridized carbons (Fsp3) is 0.200. The van der Waals surface area contributed by atoms with E-state index in [-0.39, 0.29) is 17.9 Å². The third-order valence-corrected chi connectivity index (χ3v) is 4.61. The quantitative estimate of drug-likeness (QED) is 0.680. The number of carbonyl (C=O) groups is 1. The summed E-state index contributed by atoms with van der Waals surface area (Å²) in [6, 6.07) is 5.69. The fourth-order valence-corrected chi connectivity index (χ4v) is 3.35. The number of halogens is 4. The molecular formula is C20H14F4N4O. The van der Waals surface area contributed by atoms with Gasteiger partial charge >= 0.3 is 6.18 Å². The van der Waals surface area contributed by atoms with Gasteiger partial charge in [0.05, 0.1) is 17.5 Å². The minimum absolute atomic E-state index is 0.0405. The summed E-state index contributed by atoms with van der Waals surface area (Å²) in [5.41, 5.74) is 1.83. The van der Waals surface area contributed by atoms with E-state index in [0.29, 0.717) is 41.5 Å². The molecule has 1 aromatic carbocycles. The number of carbonyl (C=O) groups excluding carboxylic acids is 1. The van der Waals surface area contributed by atoms with Crippen molar-refractivity contribution in [2.45, 2.75) is 19.0 Å². The Morgan fingerprint density at radius 3 is 2.72 bits per heavy atom. The molecule has 1 aliphatic rings.